The minimum absolute atomic E-state index is 0.202. The van der Waals surface area contributed by atoms with Crippen LogP contribution < -0.4 is 10.1 Å². The standard InChI is InChI=1S/C15H25N3O2/c1-12(2)7-16-8-13-9-17-10-15(18-13)20-11-14-5-3-4-6-19-14/h9-10,12,14,16H,3-8,11H2,1-2H3. The van der Waals surface area contributed by atoms with Crippen molar-refractivity contribution in [3.63, 3.8) is 0 Å². The number of nitrogens with zero attached hydrogens (tertiary/aromatic N) is 2. The number of hydrogen-bond acceptors (Lipinski definition) is 5. The Morgan fingerprint density at radius 2 is 2.30 bits per heavy atom. The van der Waals surface area contributed by atoms with E-state index in [1.165, 1.54) is 6.42 Å². The summed E-state index contributed by atoms with van der Waals surface area (Å²) >= 11 is 0. The Balaban J connectivity index is 1.76. The number of nitrogens with one attached hydrogen (secondary N) is 1. The Bertz CT molecular complexity index is 392. The smallest absolute Gasteiger partial charge is 0.232 e. The van der Waals surface area contributed by atoms with Gasteiger partial charge < -0.3 is 14.8 Å². The molecule has 0 amide bonds. The van der Waals surface area contributed by atoms with Gasteiger partial charge in [-0.15, -0.1) is 0 Å². The molecule has 112 valence electrons. The number of ether oxygens (including phenoxy) is 2. The van der Waals surface area contributed by atoms with Crippen molar-refractivity contribution in [3.8, 4) is 5.88 Å². The van der Waals surface area contributed by atoms with Crippen molar-refractivity contribution in [2.75, 3.05) is 19.8 Å². The molecular formula is C15H25N3O2. The third-order valence-corrected chi connectivity index (χ3v) is 3.21. The van der Waals surface area contributed by atoms with E-state index in [1.807, 2.05) is 0 Å². The fourth-order valence-electron chi connectivity index (χ4n) is 2.15. The van der Waals surface area contributed by atoms with Crippen LogP contribution in [-0.2, 0) is 11.3 Å². The van der Waals surface area contributed by atoms with E-state index >= 15 is 0 Å². The monoisotopic (exact) mass is 279 g/mol. The molecule has 1 aliphatic heterocycles. The highest BCUT2D eigenvalue weighted by Gasteiger charge is 2.14. The van der Waals surface area contributed by atoms with Crippen LogP contribution in [0.4, 0.5) is 0 Å². The molecule has 0 bridgehead atoms. The molecule has 2 heterocycles. The molecule has 1 aromatic rings. The van der Waals surface area contributed by atoms with Crippen molar-refractivity contribution in [2.45, 2.75) is 45.8 Å². The Kier molecular flexibility index (Phi) is 6.21. The summed E-state index contributed by atoms with van der Waals surface area (Å²) in [6.07, 6.45) is 7.09. The normalized spacial score (nSPS) is 19.2. The molecule has 0 aliphatic carbocycles. The van der Waals surface area contributed by atoms with Crippen LogP contribution in [-0.4, -0.2) is 35.8 Å². The number of rotatable bonds is 7. The van der Waals surface area contributed by atoms with Crippen molar-refractivity contribution in [3.05, 3.63) is 18.1 Å². The summed E-state index contributed by atoms with van der Waals surface area (Å²) in [7, 11) is 0. The molecule has 20 heavy (non-hydrogen) atoms. The maximum atomic E-state index is 5.69. The third-order valence-electron chi connectivity index (χ3n) is 3.21. The molecule has 1 fully saturated rings. The summed E-state index contributed by atoms with van der Waals surface area (Å²) in [5, 5.41) is 3.35. The molecule has 1 aromatic heterocycles. The van der Waals surface area contributed by atoms with Gasteiger partial charge in [-0.3, -0.25) is 4.98 Å². The highest BCUT2D eigenvalue weighted by Crippen LogP contribution is 2.14. The SMILES string of the molecule is CC(C)CNCc1cncc(OCC2CCCCO2)n1. The maximum Gasteiger partial charge on any atom is 0.232 e. The van der Waals surface area contributed by atoms with E-state index in [-0.39, 0.29) is 6.10 Å². The fraction of sp³-hybridized carbons (Fsp3) is 0.733. The van der Waals surface area contributed by atoms with Crippen LogP contribution >= 0.6 is 0 Å². The maximum absolute atomic E-state index is 5.69. The predicted octanol–water partition coefficient (Wildman–Crippen LogP) is 2.17. The van der Waals surface area contributed by atoms with Crippen LogP contribution in [0.3, 0.4) is 0 Å². The molecule has 1 N–H and O–H groups in total. The first-order valence-corrected chi connectivity index (χ1v) is 7.50. The van der Waals surface area contributed by atoms with E-state index in [1.54, 1.807) is 12.4 Å². The average molecular weight is 279 g/mol. The average Bonchev–Trinajstić information content (AvgIpc) is 2.46. The van der Waals surface area contributed by atoms with Gasteiger partial charge in [-0.2, -0.15) is 0 Å². The first kappa shape index (κ1) is 15.2. The van der Waals surface area contributed by atoms with Gasteiger partial charge in [0.1, 0.15) is 6.61 Å². The van der Waals surface area contributed by atoms with E-state index in [4.69, 9.17) is 9.47 Å². The fourth-order valence-corrected chi connectivity index (χ4v) is 2.15. The van der Waals surface area contributed by atoms with Gasteiger partial charge in [0.05, 0.1) is 18.0 Å². The molecule has 0 radical (unpaired) electrons. The Labute approximate surface area is 121 Å². The molecular weight excluding hydrogens is 254 g/mol. The number of aromatic nitrogens is 2. The van der Waals surface area contributed by atoms with Crippen molar-refractivity contribution in [1.82, 2.24) is 15.3 Å². The second kappa shape index (κ2) is 8.17. The largest absolute Gasteiger partial charge is 0.474 e. The van der Waals surface area contributed by atoms with E-state index in [0.717, 1.165) is 38.2 Å². The minimum atomic E-state index is 0.202. The summed E-state index contributed by atoms with van der Waals surface area (Å²) in [6, 6.07) is 0. The van der Waals surface area contributed by atoms with E-state index in [9.17, 15) is 0 Å². The van der Waals surface area contributed by atoms with Crippen LogP contribution in [0.2, 0.25) is 0 Å². The van der Waals surface area contributed by atoms with Gasteiger partial charge in [-0.25, -0.2) is 4.98 Å². The Morgan fingerprint density at radius 3 is 3.05 bits per heavy atom. The van der Waals surface area contributed by atoms with Crippen molar-refractivity contribution >= 4 is 0 Å². The lowest BCUT2D eigenvalue weighted by Gasteiger charge is -2.22. The summed E-state index contributed by atoms with van der Waals surface area (Å²) in [6.45, 7) is 7.48. The molecule has 5 nitrogen and oxygen atoms in total. The van der Waals surface area contributed by atoms with E-state index in [2.05, 4.69) is 29.1 Å². The topological polar surface area (TPSA) is 56.3 Å². The van der Waals surface area contributed by atoms with Gasteiger partial charge in [0.15, 0.2) is 0 Å². The Morgan fingerprint density at radius 1 is 1.40 bits per heavy atom. The zero-order valence-electron chi connectivity index (χ0n) is 12.5. The molecule has 0 spiro atoms. The van der Waals surface area contributed by atoms with Gasteiger partial charge in [0.25, 0.3) is 0 Å². The first-order chi connectivity index (χ1) is 9.74. The molecule has 5 heteroatoms. The van der Waals surface area contributed by atoms with E-state index < -0.39 is 0 Å². The highest BCUT2D eigenvalue weighted by molar-refractivity contribution is 5.08. The van der Waals surface area contributed by atoms with Gasteiger partial charge in [-0.1, -0.05) is 13.8 Å². The molecule has 1 aliphatic rings. The minimum Gasteiger partial charge on any atom is -0.474 e. The third kappa shape index (κ3) is 5.43. The summed E-state index contributed by atoms with van der Waals surface area (Å²) in [5.41, 5.74) is 0.910. The van der Waals surface area contributed by atoms with Crippen LogP contribution in [0, 0.1) is 5.92 Å². The highest BCUT2D eigenvalue weighted by atomic mass is 16.5. The molecule has 1 saturated heterocycles. The first-order valence-electron chi connectivity index (χ1n) is 7.50. The summed E-state index contributed by atoms with van der Waals surface area (Å²) < 4.78 is 11.3. The van der Waals surface area contributed by atoms with Gasteiger partial charge in [0, 0.05) is 19.3 Å². The predicted molar refractivity (Wildman–Crippen MR) is 77.7 cm³/mol. The molecule has 1 atom stereocenters. The lowest BCUT2D eigenvalue weighted by atomic mass is 10.1. The summed E-state index contributed by atoms with van der Waals surface area (Å²) in [5.74, 6) is 1.22. The van der Waals surface area contributed by atoms with Crippen LogP contribution in [0.1, 0.15) is 38.8 Å². The van der Waals surface area contributed by atoms with Crippen LogP contribution in [0.15, 0.2) is 12.4 Å². The lowest BCUT2D eigenvalue weighted by molar-refractivity contribution is -0.0120. The summed E-state index contributed by atoms with van der Waals surface area (Å²) in [4.78, 5) is 8.63. The van der Waals surface area contributed by atoms with E-state index in [0.29, 0.717) is 18.4 Å². The van der Waals surface area contributed by atoms with Crippen molar-refractivity contribution in [2.24, 2.45) is 5.92 Å². The molecule has 0 aromatic carbocycles. The zero-order chi connectivity index (χ0) is 14.2. The van der Waals surface area contributed by atoms with Gasteiger partial charge >= 0.3 is 0 Å². The van der Waals surface area contributed by atoms with Gasteiger partial charge in [-0.05, 0) is 31.7 Å². The Hall–Kier alpha value is -1.20. The van der Waals surface area contributed by atoms with Crippen LogP contribution in [0.5, 0.6) is 5.88 Å². The second-order valence-electron chi connectivity index (χ2n) is 5.67. The second-order valence-corrected chi connectivity index (χ2v) is 5.67. The number of hydrogen-bond donors (Lipinski definition) is 1. The molecule has 1 unspecified atom stereocenters. The quantitative estimate of drug-likeness (QED) is 0.829. The lowest BCUT2D eigenvalue weighted by Crippen LogP contribution is -2.26. The van der Waals surface area contributed by atoms with Crippen molar-refractivity contribution in [1.29, 1.82) is 0 Å². The zero-order valence-corrected chi connectivity index (χ0v) is 12.5. The molecule has 2 rings (SSSR count). The van der Waals surface area contributed by atoms with Crippen LogP contribution in [0.25, 0.3) is 0 Å². The van der Waals surface area contributed by atoms with Crippen molar-refractivity contribution < 1.29 is 9.47 Å². The van der Waals surface area contributed by atoms with Gasteiger partial charge in [0.2, 0.25) is 5.88 Å². The molecule has 0 saturated carbocycles.